The van der Waals surface area contributed by atoms with E-state index in [1.165, 1.54) is 4.90 Å². The summed E-state index contributed by atoms with van der Waals surface area (Å²) in [6.07, 6.45) is 2.63. The Hall–Kier alpha value is -1.12. The summed E-state index contributed by atoms with van der Waals surface area (Å²) in [7, 11) is -1.55. The predicted molar refractivity (Wildman–Crippen MR) is 68.4 cm³/mol. The molecule has 3 unspecified atom stereocenters. The van der Waals surface area contributed by atoms with Crippen LogP contribution in [0.25, 0.3) is 0 Å². The molecule has 2 rings (SSSR count). The van der Waals surface area contributed by atoms with E-state index in [-0.39, 0.29) is 24.8 Å². The summed E-state index contributed by atoms with van der Waals surface area (Å²) in [5.74, 6) is -0.936. The molecular formula is C11H20BN3O4. The number of carbonyl (C=O) groups is 2. The zero-order valence-corrected chi connectivity index (χ0v) is 10.7. The van der Waals surface area contributed by atoms with Gasteiger partial charge in [0.05, 0.1) is 12.0 Å². The van der Waals surface area contributed by atoms with Gasteiger partial charge in [-0.15, -0.1) is 0 Å². The maximum atomic E-state index is 12.3. The van der Waals surface area contributed by atoms with Crippen molar-refractivity contribution in [2.24, 2.45) is 17.4 Å². The molecule has 6 N–H and O–H groups in total. The second-order valence-corrected chi connectivity index (χ2v) is 5.48. The van der Waals surface area contributed by atoms with Gasteiger partial charge in [0.25, 0.3) is 0 Å². The van der Waals surface area contributed by atoms with Gasteiger partial charge in [0.15, 0.2) is 0 Å². The molecule has 7 nitrogen and oxygen atoms in total. The first-order valence-electron chi connectivity index (χ1n) is 6.64. The molecule has 1 aliphatic heterocycles. The maximum absolute atomic E-state index is 12.3. The van der Waals surface area contributed by atoms with Crippen LogP contribution in [-0.4, -0.2) is 51.9 Å². The minimum atomic E-state index is -1.55. The first kappa shape index (κ1) is 14.3. The average Bonchev–Trinajstić information content (AvgIpc) is 3.12. The Morgan fingerprint density at radius 2 is 2.05 bits per heavy atom. The molecule has 0 radical (unpaired) electrons. The van der Waals surface area contributed by atoms with Crippen LogP contribution >= 0.6 is 0 Å². The van der Waals surface area contributed by atoms with Crippen molar-refractivity contribution in [1.82, 2.24) is 4.90 Å². The molecule has 2 fully saturated rings. The molecule has 1 heterocycles. The standard InChI is InChI=1S/C11H20BN3O4/c13-7(2-4-10(14)16)11(17)15-8-5-6(8)1-3-9(15)12(18)19/h6-9,18-19H,1-5,13H2,(H2,14,16)/t6?,7-,8?,9?/m0/s1. The van der Waals surface area contributed by atoms with Crippen LogP contribution in [-0.2, 0) is 9.59 Å². The van der Waals surface area contributed by atoms with Crippen LogP contribution in [0.15, 0.2) is 0 Å². The number of likely N-dealkylation sites (tertiary alicyclic amines) is 1. The van der Waals surface area contributed by atoms with Crippen molar-refractivity contribution in [3.05, 3.63) is 0 Å². The predicted octanol–water partition coefficient (Wildman–Crippen LogP) is -2.03. The highest BCUT2D eigenvalue weighted by molar-refractivity contribution is 6.43. The fraction of sp³-hybridized carbons (Fsp3) is 0.818. The number of primary amides is 1. The molecule has 1 saturated heterocycles. The number of nitrogens with zero attached hydrogens (tertiary/aromatic N) is 1. The topological polar surface area (TPSA) is 130 Å². The van der Waals surface area contributed by atoms with E-state index in [0.717, 1.165) is 12.8 Å². The van der Waals surface area contributed by atoms with Gasteiger partial charge >= 0.3 is 7.12 Å². The lowest BCUT2D eigenvalue weighted by Gasteiger charge is -2.36. The first-order chi connectivity index (χ1) is 8.91. The highest BCUT2D eigenvalue weighted by atomic mass is 16.4. The first-order valence-corrected chi connectivity index (χ1v) is 6.64. The van der Waals surface area contributed by atoms with Crippen molar-refractivity contribution >= 4 is 18.9 Å². The van der Waals surface area contributed by atoms with E-state index in [0.29, 0.717) is 12.3 Å². The molecule has 1 saturated carbocycles. The summed E-state index contributed by atoms with van der Waals surface area (Å²) in [6.45, 7) is 0. The number of carbonyl (C=O) groups excluding carboxylic acids is 2. The molecule has 0 spiro atoms. The van der Waals surface area contributed by atoms with Gasteiger partial charge in [0.1, 0.15) is 0 Å². The Balaban J connectivity index is 2.00. The second-order valence-electron chi connectivity index (χ2n) is 5.48. The zero-order chi connectivity index (χ0) is 14.2. The molecule has 106 valence electrons. The monoisotopic (exact) mass is 269 g/mol. The normalized spacial score (nSPS) is 30.5. The van der Waals surface area contributed by atoms with E-state index in [4.69, 9.17) is 11.5 Å². The number of rotatable bonds is 5. The lowest BCUT2D eigenvalue weighted by Crippen LogP contribution is -2.57. The molecule has 0 aromatic carbocycles. The fourth-order valence-electron chi connectivity index (χ4n) is 2.88. The average molecular weight is 269 g/mol. The molecule has 0 aromatic heterocycles. The van der Waals surface area contributed by atoms with Gasteiger partial charge in [-0.05, 0) is 31.6 Å². The van der Waals surface area contributed by atoms with Crippen LogP contribution in [0.3, 0.4) is 0 Å². The summed E-state index contributed by atoms with van der Waals surface area (Å²) in [5.41, 5.74) is 10.8. The molecule has 19 heavy (non-hydrogen) atoms. The van der Waals surface area contributed by atoms with Gasteiger partial charge in [-0.3, -0.25) is 9.59 Å². The number of fused-ring (bicyclic) bond motifs is 1. The van der Waals surface area contributed by atoms with E-state index >= 15 is 0 Å². The molecule has 0 bridgehead atoms. The zero-order valence-electron chi connectivity index (χ0n) is 10.7. The lowest BCUT2D eigenvalue weighted by atomic mass is 9.73. The van der Waals surface area contributed by atoms with Crippen LogP contribution in [0.4, 0.5) is 0 Å². The molecule has 1 aliphatic carbocycles. The second kappa shape index (κ2) is 5.48. The highest BCUT2D eigenvalue weighted by Crippen LogP contribution is 2.45. The molecule has 2 amide bonds. The number of nitrogens with two attached hydrogens (primary N) is 2. The Morgan fingerprint density at radius 3 is 2.63 bits per heavy atom. The third-order valence-corrected chi connectivity index (χ3v) is 4.05. The minimum Gasteiger partial charge on any atom is -0.426 e. The number of amides is 2. The summed E-state index contributed by atoms with van der Waals surface area (Å²) in [4.78, 5) is 24.5. The van der Waals surface area contributed by atoms with Gasteiger partial charge in [0.2, 0.25) is 11.8 Å². The fourth-order valence-corrected chi connectivity index (χ4v) is 2.88. The minimum absolute atomic E-state index is 0.0567. The van der Waals surface area contributed by atoms with Crippen molar-refractivity contribution in [3.8, 4) is 0 Å². The maximum Gasteiger partial charge on any atom is 0.475 e. The van der Waals surface area contributed by atoms with Crippen molar-refractivity contribution in [3.63, 3.8) is 0 Å². The summed E-state index contributed by atoms with van der Waals surface area (Å²) in [6, 6.07) is -0.735. The summed E-state index contributed by atoms with van der Waals surface area (Å²) in [5, 5.41) is 18.8. The molecule has 2 aliphatic rings. The van der Waals surface area contributed by atoms with Crippen molar-refractivity contribution in [2.75, 3.05) is 0 Å². The Kier molecular flexibility index (Phi) is 4.12. The quantitative estimate of drug-likeness (QED) is 0.428. The van der Waals surface area contributed by atoms with Crippen LogP contribution in [0, 0.1) is 5.92 Å². The van der Waals surface area contributed by atoms with Crippen LogP contribution in [0.1, 0.15) is 32.1 Å². The van der Waals surface area contributed by atoms with E-state index in [1.807, 2.05) is 0 Å². The molecule has 0 aromatic rings. The Morgan fingerprint density at radius 1 is 1.37 bits per heavy atom. The third kappa shape index (κ3) is 3.07. The molecular weight excluding hydrogens is 249 g/mol. The third-order valence-electron chi connectivity index (χ3n) is 4.05. The van der Waals surface area contributed by atoms with Gasteiger partial charge in [-0.1, -0.05) is 0 Å². The van der Waals surface area contributed by atoms with Gasteiger partial charge in [-0.2, -0.15) is 0 Å². The largest absolute Gasteiger partial charge is 0.475 e. The van der Waals surface area contributed by atoms with E-state index in [9.17, 15) is 19.6 Å². The van der Waals surface area contributed by atoms with Crippen molar-refractivity contribution in [1.29, 1.82) is 0 Å². The van der Waals surface area contributed by atoms with Gasteiger partial charge < -0.3 is 26.4 Å². The van der Waals surface area contributed by atoms with E-state index in [2.05, 4.69) is 0 Å². The highest BCUT2D eigenvalue weighted by Gasteiger charge is 2.53. The van der Waals surface area contributed by atoms with Gasteiger partial charge in [0, 0.05) is 12.5 Å². The number of hydrogen-bond acceptors (Lipinski definition) is 5. The van der Waals surface area contributed by atoms with Crippen molar-refractivity contribution in [2.45, 2.75) is 50.1 Å². The Bertz CT molecular complexity index is 379. The Labute approximate surface area is 112 Å². The van der Waals surface area contributed by atoms with Crippen molar-refractivity contribution < 1.29 is 19.6 Å². The van der Waals surface area contributed by atoms with E-state index < -0.39 is 25.0 Å². The number of hydrogen-bond donors (Lipinski definition) is 4. The SMILES string of the molecule is NC(=O)CC[C@H](N)C(=O)N1C(B(O)O)CCC2CC21. The number of piperidine rings is 1. The van der Waals surface area contributed by atoms with E-state index in [1.54, 1.807) is 0 Å². The van der Waals surface area contributed by atoms with Crippen LogP contribution < -0.4 is 11.5 Å². The molecule has 8 heteroatoms. The van der Waals surface area contributed by atoms with Crippen LogP contribution in [0.2, 0.25) is 0 Å². The lowest BCUT2D eigenvalue weighted by molar-refractivity contribution is -0.136. The smallest absolute Gasteiger partial charge is 0.426 e. The molecule has 4 atom stereocenters. The summed E-state index contributed by atoms with van der Waals surface area (Å²) >= 11 is 0. The van der Waals surface area contributed by atoms with Gasteiger partial charge in [-0.25, -0.2) is 0 Å². The summed E-state index contributed by atoms with van der Waals surface area (Å²) < 4.78 is 0. The van der Waals surface area contributed by atoms with Crippen LogP contribution in [0.5, 0.6) is 0 Å².